The van der Waals surface area contributed by atoms with Gasteiger partial charge >= 0.3 is 0 Å². The van der Waals surface area contributed by atoms with Gasteiger partial charge < -0.3 is 9.80 Å². The summed E-state index contributed by atoms with van der Waals surface area (Å²) in [5, 5.41) is 4.92. The fourth-order valence-electron chi connectivity index (χ4n) is 6.56. The van der Waals surface area contributed by atoms with Gasteiger partial charge in [-0.25, -0.2) is 0 Å². The summed E-state index contributed by atoms with van der Waals surface area (Å²) >= 11 is 0. The smallest absolute Gasteiger partial charge is 0.0490 e. The standard InChI is InChI=1S/C47H36N2/c1-35-11-5-10-18-47(35)49(42-16-3-2-4-17-42)44-29-23-37(24-30-44)20-19-36-21-27-43(28-22-36)48(45-31-25-38-12-6-8-14-40(38)33-45)46-32-26-39-13-7-9-15-41(39)34-46/h2-34H,1H3. The predicted molar refractivity (Wildman–Crippen MR) is 211 cm³/mol. The van der Waals surface area contributed by atoms with Crippen molar-refractivity contribution in [3.8, 4) is 0 Å². The lowest BCUT2D eigenvalue weighted by atomic mass is 10.1. The average Bonchev–Trinajstić information content (AvgIpc) is 3.16. The zero-order valence-electron chi connectivity index (χ0n) is 27.4. The Labute approximate surface area is 288 Å². The van der Waals surface area contributed by atoms with Crippen LogP contribution in [-0.4, -0.2) is 0 Å². The number of rotatable bonds is 8. The SMILES string of the molecule is Cc1ccccc1N(c1ccccc1)c1ccc(C=Cc2ccc(N(c3ccc4ccccc4c3)c3ccc4ccccc4c3)cc2)cc1. The van der Waals surface area contributed by atoms with Gasteiger partial charge in [-0.15, -0.1) is 0 Å². The van der Waals surface area contributed by atoms with Crippen LogP contribution in [0.5, 0.6) is 0 Å². The lowest BCUT2D eigenvalue weighted by Crippen LogP contribution is -2.11. The molecule has 8 aromatic carbocycles. The van der Waals surface area contributed by atoms with Gasteiger partial charge in [0.1, 0.15) is 0 Å². The van der Waals surface area contributed by atoms with E-state index in [1.54, 1.807) is 0 Å². The number of nitrogens with zero attached hydrogens (tertiary/aromatic N) is 2. The molecule has 8 aromatic rings. The number of para-hydroxylation sites is 2. The Balaban J connectivity index is 1.08. The molecule has 0 N–H and O–H groups in total. The number of aryl methyl sites for hydroxylation is 1. The molecule has 0 unspecified atom stereocenters. The molecule has 0 atom stereocenters. The van der Waals surface area contributed by atoms with Crippen LogP contribution < -0.4 is 9.80 Å². The highest BCUT2D eigenvalue weighted by atomic mass is 15.1. The van der Waals surface area contributed by atoms with Crippen LogP contribution in [0, 0.1) is 6.92 Å². The molecule has 0 fully saturated rings. The zero-order chi connectivity index (χ0) is 33.0. The fraction of sp³-hybridized carbons (Fsp3) is 0.0213. The molecule has 2 heteroatoms. The van der Waals surface area contributed by atoms with Crippen molar-refractivity contribution in [3.05, 3.63) is 205 Å². The van der Waals surface area contributed by atoms with Crippen LogP contribution >= 0.6 is 0 Å². The molecule has 0 saturated heterocycles. The predicted octanol–water partition coefficient (Wildman–Crippen LogP) is 13.4. The molecule has 0 amide bonds. The summed E-state index contributed by atoms with van der Waals surface area (Å²) < 4.78 is 0. The number of hydrogen-bond donors (Lipinski definition) is 0. The summed E-state index contributed by atoms with van der Waals surface area (Å²) in [6.07, 6.45) is 4.37. The molecule has 8 rings (SSSR count). The van der Waals surface area contributed by atoms with E-state index in [1.807, 2.05) is 0 Å². The minimum absolute atomic E-state index is 1.12. The molecule has 0 spiro atoms. The van der Waals surface area contributed by atoms with Crippen molar-refractivity contribution in [3.63, 3.8) is 0 Å². The van der Waals surface area contributed by atoms with E-state index < -0.39 is 0 Å². The normalized spacial score (nSPS) is 11.3. The highest BCUT2D eigenvalue weighted by molar-refractivity contribution is 5.92. The number of fused-ring (bicyclic) bond motifs is 2. The van der Waals surface area contributed by atoms with E-state index in [4.69, 9.17) is 0 Å². The minimum atomic E-state index is 1.12. The molecule has 49 heavy (non-hydrogen) atoms. The second-order valence-electron chi connectivity index (χ2n) is 12.4. The van der Waals surface area contributed by atoms with Crippen LogP contribution in [0.4, 0.5) is 34.1 Å². The van der Waals surface area contributed by atoms with E-state index >= 15 is 0 Å². The lowest BCUT2D eigenvalue weighted by Gasteiger charge is -2.27. The molecule has 2 nitrogen and oxygen atoms in total. The summed E-state index contributed by atoms with van der Waals surface area (Å²) in [4.78, 5) is 4.66. The molecule has 0 radical (unpaired) electrons. The largest absolute Gasteiger partial charge is 0.310 e. The van der Waals surface area contributed by atoms with Crippen molar-refractivity contribution in [1.29, 1.82) is 0 Å². The van der Waals surface area contributed by atoms with Gasteiger partial charge in [-0.3, -0.25) is 0 Å². The molecule has 0 aliphatic rings. The van der Waals surface area contributed by atoms with Crippen LogP contribution in [0.1, 0.15) is 16.7 Å². The summed E-state index contributed by atoms with van der Waals surface area (Å²) in [5.41, 5.74) is 10.4. The first-order valence-electron chi connectivity index (χ1n) is 16.8. The number of anilines is 6. The summed E-state index contributed by atoms with van der Waals surface area (Å²) in [5.74, 6) is 0. The summed E-state index contributed by atoms with van der Waals surface area (Å²) in [6, 6.07) is 67.2. The third-order valence-electron chi connectivity index (χ3n) is 9.12. The maximum Gasteiger partial charge on any atom is 0.0490 e. The fourth-order valence-corrected chi connectivity index (χ4v) is 6.56. The highest BCUT2D eigenvalue weighted by Gasteiger charge is 2.15. The topological polar surface area (TPSA) is 6.48 Å². The molecule has 234 valence electrons. The van der Waals surface area contributed by atoms with Gasteiger partial charge in [-0.1, -0.05) is 133 Å². The molecule has 0 saturated carbocycles. The van der Waals surface area contributed by atoms with Crippen LogP contribution in [-0.2, 0) is 0 Å². The lowest BCUT2D eigenvalue weighted by molar-refractivity contribution is 1.25. The zero-order valence-corrected chi connectivity index (χ0v) is 27.4. The monoisotopic (exact) mass is 628 g/mol. The quantitative estimate of drug-likeness (QED) is 0.155. The maximum atomic E-state index is 2.35. The Morgan fingerprint density at radius 3 is 1.27 bits per heavy atom. The maximum absolute atomic E-state index is 2.35. The van der Waals surface area contributed by atoms with Gasteiger partial charge in [0.25, 0.3) is 0 Å². The van der Waals surface area contributed by atoms with E-state index in [2.05, 4.69) is 217 Å². The van der Waals surface area contributed by atoms with Crippen molar-refractivity contribution in [2.24, 2.45) is 0 Å². The van der Waals surface area contributed by atoms with Gasteiger partial charge in [-0.05, 0) is 112 Å². The third-order valence-corrected chi connectivity index (χ3v) is 9.12. The van der Waals surface area contributed by atoms with Crippen molar-refractivity contribution < 1.29 is 0 Å². The molecular formula is C47H36N2. The van der Waals surface area contributed by atoms with Crippen molar-refractivity contribution in [2.75, 3.05) is 9.80 Å². The Bertz CT molecular complexity index is 2310. The van der Waals surface area contributed by atoms with Crippen LogP contribution in [0.2, 0.25) is 0 Å². The third kappa shape index (κ3) is 6.33. The second-order valence-corrected chi connectivity index (χ2v) is 12.4. The van der Waals surface area contributed by atoms with Crippen molar-refractivity contribution >= 4 is 67.8 Å². The van der Waals surface area contributed by atoms with E-state index in [0.29, 0.717) is 0 Å². The average molecular weight is 629 g/mol. The van der Waals surface area contributed by atoms with Crippen molar-refractivity contribution in [2.45, 2.75) is 6.92 Å². The number of benzene rings is 8. The second kappa shape index (κ2) is 13.4. The Kier molecular flexibility index (Phi) is 8.19. The van der Waals surface area contributed by atoms with Gasteiger partial charge in [0.15, 0.2) is 0 Å². The molecule has 0 aliphatic carbocycles. The van der Waals surface area contributed by atoms with E-state index in [-0.39, 0.29) is 0 Å². The Morgan fingerprint density at radius 2 is 0.735 bits per heavy atom. The van der Waals surface area contributed by atoms with Crippen LogP contribution in [0.25, 0.3) is 33.7 Å². The summed E-state index contributed by atoms with van der Waals surface area (Å²) in [6.45, 7) is 2.16. The first kappa shape index (κ1) is 30.0. The van der Waals surface area contributed by atoms with E-state index in [1.165, 1.54) is 32.8 Å². The molecular weight excluding hydrogens is 593 g/mol. The minimum Gasteiger partial charge on any atom is -0.310 e. The van der Waals surface area contributed by atoms with Gasteiger partial charge in [0.2, 0.25) is 0 Å². The molecule has 0 aromatic heterocycles. The van der Waals surface area contributed by atoms with Gasteiger partial charge in [0, 0.05) is 34.1 Å². The summed E-state index contributed by atoms with van der Waals surface area (Å²) in [7, 11) is 0. The molecule has 0 heterocycles. The van der Waals surface area contributed by atoms with E-state index in [9.17, 15) is 0 Å². The first-order chi connectivity index (χ1) is 24.2. The first-order valence-corrected chi connectivity index (χ1v) is 16.8. The molecule has 0 aliphatic heterocycles. The van der Waals surface area contributed by atoms with Gasteiger partial charge in [0.05, 0.1) is 0 Å². The Hall–Kier alpha value is -6.38. The van der Waals surface area contributed by atoms with Crippen molar-refractivity contribution in [1.82, 2.24) is 0 Å². The molecule has 0 bridgehead atoms. The number of hydrogen-bond acceptors (Lipinski definition) is 2. The highest BCUT2D eigenvalue weighted by Crippen LogP contribution is 2.38. The van der Waals surface area contributed by atoms with Crippen LogP contribution in [0.15, 0.2) is 188 Å². The van der Waals surface area contributed by atoms with E-state index in [0.717, 1.165) is 39.6 Å². The van der Waals surface area contributed by atoms with Crippen LogP contribution in [0.3, 0.4) is 0 Å². The van der Waals surface area contributed by atoms with Gasteiger partial charge in [-0.2, -0.15) is 0 Å². The Morgan fingerprint density at radius 1 is 0.327 bits per heavy atom.